The van der Waals surface area contributed by atoms with Gasteiger partial charge >= 0.3 is 0 Å². The number of thiazole rings is 1. The number of piperidine rings is 1. The molecule has 0 bridgehead atoms. The summed E-state index contributed by atoms with van der Waals surface area (Å²) >= 11 is 1.29. The molecule has 1 saturated heterocycles. The van der Waals surface area contributed by atoms with Gasteiger partial charge in [0.2, 0.25) is 11.8 Å². The highest BCUT2D eigenvalue weighted by molar-refractivity contribution is 7.17. The third kappa shape index (κ3) is 5.77. The number of aromatic nitrogens is 1. The molecular weight excluding hydrogens is 448 g/mol. The van der Waals surface area contributed by atoms with Gasteiger partial charge in [0.05, 0.1) is 5.69 Å². The standard InChI is InChI=1S/C26H26N4O3S/c1-18-23(34-26(27-18)21-10-6-3-7-11-21)25(33)29-28-24(32)20-14-16-30(17-15-20)22(31)13-12-19-8-4-2-5-9-19/h2-13,20H,14-17H2,1H3,(H,28,32)(H,29,33)/b13-12+. The van der Waals surface area contributed by atoms with Gasteiger partial charge in [0.25, 0.3) is 5.91 Å². The van der Waals surface area contributed by atoms with Crippen molar-refractivity contribution in [2.45, 2.75) is 19.8 Å². The Hall–Kier alpha value is -3.78. The van der Waals surface area contributed by atoms with Crippen LogP contribution in [0.3, 0.4) is 0 Å². The van der Waals surface area contributed by atoms with Gasteiger partial charge in [-0.05, 0) is 31.4 Å². The number of carbonyl (C=O) groups is 3. The maximum atomic E-state index is 12.6. The lowest BCUT2D eigenvalue weighted by molar-refractivity contribution is -0.132. The smallest absolute Gasteiger partial charge is 0.281 e. The molecule has 1 aliphatic heterocycles. The van der Waals surface area contributed by atoms with E-state index in [-0.39, 0.29) is 23.6 Å². The quantitative estimate of drug-likeness (QED) is 0.434. The molecule has 0 radical (unpaired) electrons. The Labute approximate surface area is 202 Å². The lowest BCUT2D eigenvalue weighted by atomic mass is 9.96. The van der Waals surface area contributed by atoms with Crippen LogP contribution in [0.25, 0.3) is 16.6 Å². The Morgan fingerprint density at radius 1 is 0.971 bits per heavy atom. The molecule has 7 nitrogen and oxygen atoms in total. The summed E-state index contributed by atoms with van der Waals surface area (Å²) in [6, 6.07) is 19.3. The first-order valence-electron chi connectivity index (χ1n) is 11.2. The molecule has 0 atom stereocenters. The minimum atomic E-state index is -0.385. The van der Waals surface area contributed by atoms with Gasteiger partial charge in [-0.3, -0.25) is 25.2 Å². The Bertz CT molecular complexity index is 1180. The van der Waals surface area contributed by atoms with Crippen molar-refractivity contribution in [2.75, 3.05) is 13.1 Å². The average molecular weight is 475 g/mol. The summed E-state index contributed by atoms with van der Waals surface area (Å²) in [7, 11) is 0. The van der Waals surface area contributed by atoms with Crippen LogP contribution in [-0.4, -0.2) is 40.7 Å². The lowest BCUT2D eigenvalue weighted by Crippen LogP contribution is -2.48. The van der Waals surface area contributed by atoms with Gasteiger partial charge in [0.15, 0.2) is 0 Å². The molecule has 1 aliphatic rings. The third-order valence-corrected chi connectivity index (χ3v) is 6.92. The van der Waals surface area contributed by atoms with Crippen LogP contribution in [0, 0.1) is 12.8 Å². The van der Waals surface area contributed by atoms with Crippen LogP contribution in [0.2, 0.25) is 0 Å². The topological polar surface area (TPSA) is 91.4 Å². The molecule has 1 aromatic heterocycles. The number of amides is 3. The van der Waals surface area contributed by atoms with E-state index < -0.39 is 0 Å². The van der Waals surface area contributed by atoms with E-state index in [2.05, 4.69) is 15.8 Å². The van der Waals surface area contributed by atoms with E-state index >= 15 is 0 Å². The van der Waals surface area contributed by atoms with Crippen molar-refractivity contribution in [3.8, 4) is 10.6 Å². The highest BCUT2D eigenvalue weighted by atomic mass is 32.1. The molecule has 174 valence electrons. The van der Waals surface area contributed by atoms with Crippen LogP contribution >= 0.6 is 11.3 Å². The van der Waals surface area contributed by atoms with Gasteiger partial charge in [-0.15, -0.1) is 11.3 Å². The van der Waals surface area contributed by atoms with Crippen LogP contribution in [0.4, 0.5) is 0 Å². The molecule has 34 heavy (non-hydrogen) atoms. The van der Waals surface area contributed by atoms with E-state index in [1.807, 2.05) is 60.7 Å². The minimum absolute atomic E-state index is 0.0640. The highest BCUT2D eigenvalue weighted by Gasteiger charge is 2.27. The molecule has 0 saturated carbocycles. The number of hydrazine groups is 1. The number of carbonyl (C=O) groups excluding carboxylic acids is 3. The van der Waals surface area contributed by atoms with E-state index in [1.165, 1.54) is 11.3 Å². The SMILES string of the molecule is Cc1nc(-c2ccccc2)sc1C(=O)NNC(=O)C1CCN(C(=O)/C=C/c2ccccc2)CC1. The van der Waals surface area contributed by atoms with Crippen LogP contribution in [0.5, 0.6) is 0 Å². The Kier molecular flexibility index (Phi) is 7.49. The number of rotatable bonds is 5. The monoisotopic (exact) mass is 474 g/mol. The molecule has 0 spiro atoms. The van der Waals surface area contributed by atoms with Gasteiger partial charge < -0.3 is 4.90 Å². The first-order chi connectivity index (χ1) is 16.5. The second kappa shape index (κ2) is 10.9. The van der Waals surface area contributed by atoms with Crippen molar-refractivity contribution in [3.05, 3.63) is 82.9 Å². The number of benzene rings is 2. The van der Waals surface area contributed by atoms with Gasteiger partial charge in [0.1, 0.15) is 9.88 Å². The summed E-state index contributed by atoms with van der Waals surface area (Å²) in [4.78, 5) is 44.3. The zero-order chi connectivity index (χ0) is 23.9. The Morgan fingerprint density at radius 3 is 2.29 bits per heavy atom. The second-order valence-electron chi connectivity index (χ2n) is 8.09. The van der Waals surface area contributed by atoms with Gasteiger partial charge in [-0.1, -0.05) is 60.7 Å². The molecule has 4 rings (SSSR count). The van der Waals surface area contributed by atoms with Crippen LogP contribution in [0.15, 0.2) is 66.7 Å². The maximum absolute atomic E-state index is 12.6. The second-order valence-corrected chi connectivity index (χ2v) is 9.09. The van der Waals surface area contributed by atoms with Crippen LogP contribution < -0.4 is 10.9 Å². The lowest BCUT2D eigenvalue weighted by Gasteiger charge is -2.30. The predicted octanol–water partition coefficient (Wildman–Crippen LogP) is 3.83. The maximum Gasteiger partial charge on any atom is 0.281 e. The van der Waals surface area contributed by atoms with Crippen molar-refractivity contribution >= 4 is 35.1 Å². The van der Waals surface area contributed by atoms with Crippen LogP contribution in [0.1, 0.15) is 33.8 Å². The molecule has 2 N–H and O–H groups in total. The first-order valence-corrected chi connectivity index (χ1v) is 12.0. The molecule has 2 heterocycles. The Balaban J connectivity index is 1.25. The fraction of sp³-hybridized carbons (Fsp3) is 0.231. The van der Waals surface area contributed by atoms with E-state index in [4.69, 9.17) is 0 Å². The summed E-state index contributed by atoms with van der Waals surface area (Å²) in [6.07, 6.45) is 4.45. The van der Waals surface area contributed by atoms with Crippen molar-refractivity contribution < 1.29 is 14.4 Å². The molecule has 2 aromatic carbocycles. The zero-order valence-electron chi connectivity index (χ0n) is 18.9. The third-order valence-electron chi connectivity index (χ3n) is 5.72. The molecule has 3 amide bonds. The molecule has 0 aliphatic carbocycles. The molecular formula is C26H26N4O3S. The van der Waals surface area contributed by atoms with Gasteiger partial charge in [-0.25, -0.2) is 4.98 Å². The number of likely N-dealkylation sites (tertiary alicyclic amines) is 1. The van der Waals surface area contributed by atoms with E-state index in [0.29, 0.717) is 36.5 Å². The minimum Gasteiger partial charge on any atom is -0.339 e. The number of nitrogens with zero attached hydrogens (tertiary/aromatic N) is 2. The normalized spacial score (nSPS) is 14.2. The number of hydrogen-bond donors (Lipinski definition) is 2. The zero-order valence-corrected chi connectivity index (χ0v) is 19.7. The largest absolute Gasteiger partial charge is 0.339 e. The number of nitrogens with one attached hydrogen (secondary N) is 2. The van der Waals surface area contributed by atoms with Crippen molar-refractivity contribution in [2.24, 2.45) is 5.92 Å². The molecule has 1 fully saturated rings. The molecule has 0 unspecified atom stereocenters. The highest BCUT2D eigenvalue weighted by Crippen LogP contribution is 2.27. The summed E-state index contributed by atoms with van der Waals surface area (Å²) in [6.45, 7) is 2.77. The summed E-state index contributed by atoms with van der Waals surface area (Å²) in [5.74, 6) is -0.953. The van der Waals surface area contributed by atoms with Crippen molar-refractivity contribution in [1.29, 1.82) is 0 Å². The van der Waals surface area contributed by atoms with E-state index in [1.54, 1.807) is 24.0 Å². The fourth-order valence-corrected chi connectivity index (χ4v) is 4.75. The van der Waals surface area contributed by atoms with Crippen LogP contribution in [-0.2, 0) is 9.59 Å². The van der Waals surface area contributed by atoms with Crippen molar-refractivity contribution in [3.63, 3.8) is 0 Å². The van der Waals surface area contributed by atoms with Gasteiger partial charge in [0, 0.05) is 30.6 Å². The number of aryl methyl sites for hydroxylation is 1. The molecule has 3 aromatic rings. The fourth-order valence-electron chi connectivity index (χ4n) is 3.79. The Morgan fingerprint density at radius 2 is 1.62 bits per heavy atom. The van der Waals surface area contributed by atoms with Gasteiger partial charge in [-0.2, -0.15) is 0 Å². The summed E-state index contributed by atoms with van der Waals surface area (Å²) < 4.78 is 0. The molecule has 8 heteroatoms. The first kappa shape index (κ1) is 23.4. The summed E-state index contributed by atoms with van der Waals surface area (Å²) in [5, 5.41) is 0.757. The number of hydrogen-bond acceptors (Lipinski definition) is 5. The average Bonchev–Trinajstić information content (AvgIpc) is 3.28. The van der Waals surface area contributed by atoms with E-state index in [9.17, 15) is 14.4 Å². The van der Waals surface area contributed by atoms with Crippen molar-refractivity contribution in [1.82, 2.24) is 20.7 Å². The van der Waals surface area contributed by atoms with E-state index in [0.717, 1.165) is 16.1 Å². The predicted molar refractivity (Wildman–Crippen MR) is 133 cm³/mol. The summed E-state index contributed by atoms with van der Waals surface area (Å²) in [5.41, 5.74) is 7.58.